The maximum absolute atomic E-state index is 13.2. The smallest absolute Gasteiger partial charge is 0.209 e. The van der Waals surface area contributed by atoms with Crippen molar-refractivity contribution >= 4 is 0 Å². The Bertz CT molecular complexity index is 415. The lowest BCUT2D eigenvalue weighted by atomic mass is 10.1. The number of β-amino-alcohol motifs (C(OH)–C–C–N with tert-alkyl or cyclic N) is 1. The van der Waals surface area contributed by atoms with Crippen LogP contribution in [0, 0.1) is 5.82 Å². The Morgan fingerprint density at radius 3 is 2.45 bits per heavy atom. The monoisotopic (exact) mass is 287 g/mol. The van der Waals surface area contributed by atoms with E-state index in [9.17, 15) is 19.0 Å². The molecule has 2 rings (SSSR count). The summed E-state index contributed by atoms with van der Waals surface area (Å²) in [5.41, 5.74) is 0. The van der Waals surface area contributed by atoms with Gasteiger partial charge in [0.1, 0.15) is 24.3 Å². The number of likely N-dealkylation sites (tertiary alicyclic amines) is 1. The van der Waals surface area contributed by atoms with Gasteiger partial charge in [0, 0.05) is 32.5 Å². The first-order valence-corrected chi connectivity index (χ1v) is 6.65. The number of ether oxygens (including phenoxy) is 1. The predicted molar refractivity (Wildman–Crippen MR) is 69.6 cm³/mol. The summed E-state index contributed by atoms with van der Waals surface area (Å²) in [7, 11) is 0. The van der Waals surface area contributed by atoms with Crippen LogP contribution in [0.15, 0.2) is 24.3 Å². The van der Waals surface area contributed by atoms with Crippen LogP contribution in [0.1, 0.15) is 12.8 Å². The predicted octanol–water partition coefficient (Wildman–Crippen LogP) is 1.32. The average molecular weight is 287 g/mol. The zero-order valence-electron chi connectivity index (χ0n) is 11.1. The Labute approximate surface area is 116 Å². The number of hydrogen-bond donors (Lipinski definition) is 2. The average Bonchev–Trinajstić information content (AvgIpc) is 2.41. The van der Waals surface area contributed by atoms with Crippen molar-refractivity contribution in [3.63, 3.8) is 0 Å². The molecule has 1 fully saturated rings. The third-order valence-corrected chi connectivity index (χ3v) is 3.35. The lowest BCUT2D eigenvalue weighted by Crippen LogP contribution is -2.45. The standard InChI is InChI=1S/C14H19F2NO3/c15-11-1-3-13(4-2-11)20-10-12(18)9-17-7-5-14(16,19)6-8-17/h1-4,12,18-19H,5-10H2. The zero-order valence-corrected chi connectivity index (χ0v) is 11.1. The van der Waals surface area contributed by atoms with Gasteiger partial charge in [-0.2, -0.15) is 0 Å². The van der Waals surface area contributed by atoms with E-state index in [0.29, 0.717) is 25.4 Å². The van der Waals surface area contributed by atoms with E-state index in [1.165, 1.54) is 24.3 Å². The second-order valence-electron chi connectivity index (χ2n) is 5.14. The number of aliphatic hydroxyl groups excluding tert-OH is 1. The normalized spacial score (nSPS) is 20.6. The molecule has 1 aliphatic heterocycles. The van der Waals surface area contributed by atoms with Gasteiger partial charge in [0.25, 0.3) is 0 Å². The van der Waals surface area contributed by atoms with Crippen molar-refractivity contribution in [2.75, 3.05) is 26.2 Å². The van der Waals surface area contributed by atoms with Crippen molar-refractivity contribution in [2.45, 2.75) is 24.8 Å². The number of halogens is 2. The molecule has 0 aromatic heterocycles. The maximum atomic E-state index is 13.2. The first-order valence-electron chi connectivity index (χ1n) is 6.65. The topological polar surface area (TPSA) is 52.9 Å². The van der Waals surface area contributed by atoms with Crippen LogP contribution in [0.2, 0.25) is 0 Å². The van der Waals surface area contributed by atoms with E-state index in [4.69, 9.17) is 4.74 Å². The van der Waals surface area contributed by atoms with Crippen LogP contribution in [0.25, 0.3) is 0 Å². The van der Waals surface area contributed by atoms with Gasteiger partial charge in [0.05, 0.1) is 0 Å². The quantitative estimate of drug-likeness (QED) is 0.857. The molecule has 0 amide bonds. The first kappa shape index (κ1) is 15.2. The maximum Gasteiger partial charge on any atom is 0.209 e. The Kier molecular flexibility index (Phi) is 4.91. The van der Waals surface area contributed by atoms with E-state index in [1.54, 1.807) is 0 Å². The van der Waals surface area contributed by atoms with Crippen LogP contribution in [0.4, 0.5) is 8.78 Å². The lowest BCUT2D eigenvalue weighted by molar-refractivity contribution is -0.129. The summed E-state index contributed by atoms with van der Waals surface area (Å²) in [6.45, 7) is 1.25. The van der Waals surface area contributed by atoms with Gasteiger partial charge in [-0.15, -0.1) is 0 Å². The molecule has 1 aromatic carbocycles. The summed E-state index contributed by atoms with van der Waals surface area (Å²) in [6, 6.07) is 5.56. The van der Waals surface area contributed by atoms with Crippen molar-refractivity contribution in [1.82, 2.24) is 4.90 Å². The third kappa shape index (κ3) is 4.70. The third-order valence-electron chi connectivity index (χ3n) is 3.35. The number of nitrogens with zero attached hydrogens (tertiary/aromatic N) is 1. The molecular formula is C14H19F2NO3. The van der Waals surface area contributed by atoms with E-state index < -0.39 is 12.0 Å². The van der Waals surface area contributed by atoms with E-state index in [-0.39, 0.29) is 25.3 Å². The molecule has 2 N–H and O–H groups in total. The molecule has 6 heteroatoms. The highest BCUT2D eigenvalue weighted by atomic mass is 19.2. The summed E-state index contributed by atoms with van der Waals surface area (Å²) in [5.74, 6) is -1.93. The fourth-order valence-corrected chi connectivity index (χ4v) is 2.15. The van der Waals surface area contributed by atoms with Crippen LogP contribution >= 0.6 is 0 Å². The minimum atomic E-state index is -2.08. The van der Waals surface area contributed by atoms with Crippen LogP contribution < -0.4 is 4.74 Å². The lowest BCUT2D eigenvalue weighted by Gasteiger charge is -2.34. The second kappa shape index (κ2) is 6.47. The molecule has 1 atom stereocenters. The van der Waals surface area contributed by atoms with Gasteiger partial charge < -0.3 is 19.8 Å². The van der Waals surface area contributed by atoms with E-state index >= 15 is 0 Å². The fourth-order valence-electron chi connectivity index (χ4n) is 2.15. The SMILES string of the molecule is OC(COc1ccc(F)cc1)CN1CCC(O)(F)CC1. The highest BCUT2D eigenvalue weighted by molar-refractivity contribution is 5.22. The molecule has 0 spiro atoms. The van der Waals surface area contributed by atoms with Crippen LogP contribution in [0.3, 0.4) is 0 Å². The van der Waals surface area contributed by atoms with E-state index in [1.807, 2.05) is 4.90 Å². The van der Waals surface area contributed by atoms with Crippen LogP contribution in [0.5, 0.6) is 5.75 Å². The number of aliphatic hydroxyl groups is 2. The minimum absolute atomic E-state index is 0.0541. The van der Waals surface area contributed by atoms with Crippen molar-refractivity contribution in [2.24, 2.45) is 0 Å². The van der Waals surface area contributed by atoms with Crippen LogP contribution in [-0.4, -0.2) is 53.3 Å². The first-order chi connectivity index (χ1) is 9.44. The molecule has 0 saturated carbocycles. The highest BCUT2D eigenvalue weighted by Crippen LogP contribution is 2.23. The summed E-state index contributed by atoms with van der Waals surface area (Å²) in [6.07, 6.45) is -0.609. The van der Waals surface area contributed by atoms with Crippen LogP contribution in [-0.2, 0) is 0 Å². The summed E-state index contributed by atoms with van der Waals surface area (Å²) in [4.78, 5) is 1.88. The second-order valence-corrected chi connectivity index (χ2v) is 5.14. The van der Waals surface area contributed by atoms with Gasteiger partial charge in [-0.05, 0) is 24.3 Å². The summed E-state index contributed by atoms with van der Waals surface area (Å²) in [5, 5.41) is 19.0. The molecule has 4 nitrogen and oxygen atoms in total. The van der Waals surface area contributed by atoms with Gasteiger partial charge in [-0.3, -0.25) is 0 Å². The molecule has 1 heterocycles. The molecule has 0 bridgehead atoms. The van der Waals surface area contributed by atoms with Gasteiger partial charge in [-0.25, -0.2) is 8.78 Å². The minimum Gasteiger partial charge on any atom is -0.491 e. The molecule has 1 unspecified atom stereocenters. The molecule has 1 saturated heterocycles. The van der Waals surface area contributed by atoms with Gasteiger partial charge in [-0.1, -0.05) is 0 Å². The number of piperidine rings is 1. The van der Waals surface area contributed by atoms with Crippen molar-refractivity contribution in [3.05, 3.63) is 30.1 Å². The van der Waals surface area contributed by atoms with Gasteiger partial charge in [0.15, 0.2) is 0 Å². The number of rotatable bonds is 5. The Hall–Kier alpha value is -1.24. The van der Waals surface area contributed by atoms with Crippen molar-refractivity contribution < 1.29 is 23.7 Å². The van der Waals surface area contributed by atoms with E-state index in [0.717, 1.165) is 0 Å². The Morgan fingerprint density at radius 2 is 1.85 bits per heavy atom. The van der Waals surface area contributed by atoms with E-state index in [2.05, 4.69) is 0 Å². The van der Waals surface area contributed by atoms with Gasteiger partial charge in [0.2, 0.25) is 5.85 Å². The number of benzene rings is 1. The fraction of sp³-hybridized carbons (Fsp3) is 0.571. The molecule has 1 aliphatic rings. The largest absolute Gasteiger partial charge is 0.491 e. The molecule has 1 aromatic rings. The molecule has 112 valence electrons. The Morgan fingerprint density at radius 1 is 1.25 bits per heavy atom. The van der Waals surface area contributed by atoms with Gasteiger partial charge >= 0.3 is 0 Å². The molecule has 20 heavy (non-hydrogen) atoms. The van der Waals surface area contributed by atoms with Crippen molar-refractivity contribution in [3.8, 4) is 5.75 Å². The summed E-state index contributed by atoms with van der Waals surface area (Å²) >= 11 is 0. The summed E-state index contributed by atoms with van der Waals surface area (Å²) < 4.78 is 31.2. The number of alkyl halides is 1. The van der Waals surface area contributed by atoms with Crippen molar-refractivity contribution in [1.29, 1.82) is 0 Å². The molecule has 0 radical (unpaired) electrons. The number of hydrogen-bond acceptors (Lipinski definition) is 4. The molecule has 0 aliphatic carbocycles. The Balaban J connectivity index is 1.70. The highest BCUT2D eigenvalue weighted by Gasteiger charge is 2.32. The molecular weight excluding hydrogens is 268 g/mol. The zero-order chi connectivity index (χ0) is 14.6.